The molecule has 2 unspecified atom stereocenters. The molecule has 0 aromatic heterocycles. The molecule has 0 radical (unpaired) electrons. The number of esters is 1. The standard InChI is InChI=1S/C19H30O5/c1-6-7-8-9-10-11-13-16-14(24-18(2,3)23-5)12-15(20)19(13,16)17(21)22-4/h10-11,13-14,16H,6-9,12H2,1-5H3/t13?,14?,16-,19+/m0/s1. The summed E-state index contributed by atoms with van der Waals surface area (Å²) in [6, 6.07) is 0. The molecule has 0 spiro atoms. The summed E-state index contributed by atoms with van der Waals surface area (Å²) in [7, 11) is 2.91. The average Bonchev–Trinajstić information content (AvgIpc) is 3.14. The SMILES string of the molecule is CCCCCC=CC1[C@H]2C(OC(C)(C)OC)CC(=O)[C@]12C(=O)OC. The van der Waals surface area contributed by atoms with Crippen molar-refractivity contribution in [2.24, 2.45) is 17.3 Å². The zero-order valence-corrected chi connectivity index (χ0v) is 15.5. The minimum absolute atomic E-state index is 0.0699. The molecule has 24 heavy (non-hydrogen) atoms. The highest BCUT2D eigenvalue weighted by atomic mass is 16.7. The lowest BCUT2D eigenvalue weighted by Crippen LogP contribution is -2.33. The first-order chi connectivity index (χ1) is 11.3. The maximum atomic E-state index is 12.6. The van der Waals surface area contributed by atoms with E-state index in [0.29, 0.717) is 0 Å². The molecule has 0 aromatic rings. The van der Waals surface area contributed by atoms with E-state index in [4.69, 9.17) is 14.2 Å². The van der Waals surface area contributed by atoms with E-state index < -0.39 is 17.2 Å². The number of hydrogen-bond acceptors (Lipinski definition) is 5. The Hall–Kier alpha value is -1.20. The molecule has 4 atom stereocenters. The van der Waals surface area contributed by atoms with Gasteiger partial charge in [0.25, 0.3) is 0 Å². The zero-order valence-electron chi connectivity index (χ0n) is 15.5. The molecule has 5 heteroatoms. The van der Waals surface area contributed by atoms with Crippen LogP contribution in [0.2, 0.25) is 0 Å². The zero-order chi connectivity index (χ0) is 18.0. The van der Waals surface area contributed by atoms with E-state index >= 15 is 0 Å². The molecule has 5 nitrogen and oxygen atoms in total. The third-order valence-electron chi connectivity index (χ3n) is 5.35. The Bertz CT molecular complexity index is 510. The van der Waals surface area contributed by atoms with Gasteiger partial charge in [-0.2, -0.15) is 0 Å². The molecule has 0 heterocycles. The summed E-state index contributed by atoms with van der Waals surface area (Å²) in [5.74, 6) is -1.55. The van der Waals surface area contributed by atoms with Crippen molar-refractivity contribution in [3.05, 3.63) is 12.2 Å². The van der Waals surface area contributed by atoms with Gasteiger partial charge in [0.15, 0.2) is 11.6 Å². The van der Waals surface area contributed by atoms with Gasteiger partial charge >= 0.3 is 5.97 Å². The fourth-order valence-electron chi connectivity index (χ4n) is 3.93. The summed E-state index contributed by atoms with van der Waals surface area (Å²) in [6.45, 7) is 5.79. The second kappa shape index (κ2) is 7.36. The number of carbonyl (C=O) groups excluding carboxylic acids is 2. The van der Waals surface area contributed by atoms with Crippen molar-refractivity contribution in [2.45, 2.75) is 64.8 Å². The van der Waals surface area contributed by atoms with Crippen LogP contribution in [0.15, 0.2) is 12.2 Å². The highest BCUT2D eigenvalue weighted by molar-refractivity contribution is 6.11. The van der Waals surface area contributed by atoms with Gasteiger partial charge in [0, 0.05) is 25.4 Å². The van der Waals surface area contributed by atoms with Gasteiger partial charge in [-0.3, -0.25) is 9.59 Å². The van der Waals surface area contributed by atoms with Crippen molar-refractivity contribution >= 4 is 11.8 Å². The molecule has 0 aromatic carbocycles. The van der Waals surface area contributed by atoms with Crippen molar-refractivity contribution in [1.82, 2.24) is 0 Å². The Balaban J connectivity index is 2.13. The second-order valence-electron chi connectivity index (χ2n) is 7.22. The van der Waals surface area contributed by atoms with E-state index in [2.05, 4.69) is 13.0 Å². The summed E-state index contributed by atoms with van der Waals surface area (Å²) in [5.41, 5.74) is -1.04. The molecule has 136 valence electrons. The second-order valence-corrected chi connectivity index (χ2v) is 7.22. The van der Waals surface area contributed by atoms with Crippen molar-refractivity contribution in [3.63, 3.8) is 0 Å². The molecule has 0 bridgehead atoms. The first kappa shape index (κ1) is 19.1. The van der Waals surface area contributed by atoms with Gasteiger partial charge < -0.3 is 14.2 Å². The molecule has 0 aliphatic heterocycles. The van der Waals surface area contributed by atoms with E-state index in [1.165, 1.54) is 20.0 Å². The number of fused-ring (bicyclic) bond motifs is 1. The van der Waals surface area contributed by atoms with E-state index in [1.807, 2.05) is 19.9 Å². The molecule has 2 aliphatic rings. The number of hydrogen-bond donors (Lipinski definition) is 0. The third-order valence-corrected chi connectivity index (χ3v) is 5.35. The van der Waals surface area contributed by atoms with Gasteiger partial charge in [0.05, 0.1) is 13.2 Å². The number of carbonyl (C=O) groups is 2. The molecule has 0 amide bonds. The maximum absolute atomic E-state index is 12.6. The van der Waals surface area contributed by atoms with Crippen molar-refractivity contribution < 1.29 is 23.8 Å². The van der Waals surface area contributed by atoms with Gasteiger partial charge in [-0.05, 0) is 26.7 Å². The Morgan fingerprint density at radius 3 is 2.62 bits per heavy atom. The van der Waals surface area contributed by atoms with Crippen LogP contribution in [0.5, 0.6) is 0 Å². The minimum atomic E-state index is -1.04. The van der Waals surface area contributed by atoms with E-state index in [1.54, 1.807) is 7.11 Å². The Labute approximate surface area is 144 Å². The van der Waals surface area contributed by atoms with Gasteiger partial charge in [0.1, 0.15) is 5.41 Å². The van der Waals surface area contributed by atoms with E-state index in [0.717, 1.165) is 12.8 Å². The normalized spacial score (nSPS) is 32.2. The van der Waals surface area contributed by atoms with Crippen LogP contribution in [0.1, 0.15) is 52.9 Å². The van der Waals surface area contributed by atoms with E-state index in [-0.39, 0.29) is 30.1 Å². The van der Waals surface area contributed by atoms with Crippen LogP contribution in [-0.4, -0.2) is 37.9 Å². The van der Waals surface area contributed by atoms with Crippen LogP contribution < -0.4 is 0 Å². The molecule has 2 saturated carbocycles. The minimum Gasteiger partial charge on any atom is -0.468 e. The number of allylic oxidation sites excluding steroid dienone is 2. The highest BCUT2D eigenvalue weighted by Crippen LogP contribution is 2.68. The van der Waals surface area contributed by atoms with Crippen molar-refractivity contribution in [2.75, 3.05) is 14.2 Å². The Morgan fingerprint density at radius 2 is 2.04 bits per heavy atom. The number of rotatable bonds is 9. The lowest BCUT2D eigenvalue weighted by atomic mass is 9.97. The van der Waals surface area contributed by atoms with Crippen LogP contribution in [0.4, 0.5) is 0 Å². The smallest absolute Gasteiger partial charge is 0.320 e. The molecular formula is C19H30O5. The quantitative estimate of drug-likeness (QED) is 0.212. The summed E-state index contributed by atoms with van der Waals surface area (Å²) < 4.78 is 16.2. The van der Waals surface area contributed by atoms with Crippen molar-refractivity contribution in [3.8, 4) is 0 Å². The Kier molecular flexibility index (Phi) is 5.87. The third kappa shape index (κ3) is 3.29. The fraction of sp³-hybridized carbons (Fsp3) is 0.789. The molecule has 2 rings (SSSR count). The first-order valence-corrected chi connectivity index (χ1v) is 8.86. The highest BCUT2D eigenvalue weighted by Gasteiger charge is 2.80. The number of unbranched alkanes of at least 4 members (excludes halogenated alkanes) is 3. The summed E-state index contributed by atoms with van der Waals surface area (Å²) in [6.07, 6.45) is 8.50. The average molecular weight is 338 g/mol. The molecule has 0 saturated heterocycles. The summed E-state index contributed by atoms with van der Waals surface area (Å²) in [5, 5.41) is 0. The largest absolute Gasteiger partial charge is 0.468 e. The van der Waals surface area contributed by atoms with Gasteiger partial charge in [-0.1, -0.05) is 31.9 Å². The monoisotopic (exact) mass is 338 g/mol. The summed E-state index contributed by atoms with van der Waals surface area (Å²) >= 11 is 0. The molecular weight excluding hydrogens is 308 g/mol. The lowest BCUT2D eigenvalue weighted by Gasteiger charge is -2.28. The predicted octanol–water partition coefficient (Wildman–Crippen LogP) is 3.27. The fourth-order valence-corrected chi connectivity index (χ4v) is 3.93. The number of methoxy groups -OCH3 is 2. The van der Waals surface area contributed by atoms with Crippen LogP contribution in [-0.2, 0) is 23.8 Å². The number of ether oxygens (including phenoxy) is 3. The van der Waals surface area contributed by atoms with E-state index in [9.17, 15) is 9.59 Å². The number of ketones is 1. The lowest BCUT2D eigenvalue weighted by molar-refractivity contribution is -0.226. The Morgan fingerprint density at radius 1 is 1.33 bits per heavy atom. The first-order valence-electron chi connectivity index (χ1n) is 8.86. The van der Waals surface area contributed by atoms with Crippen LogP contribution in [0.3, 0.4) is 0 Å². The predicted molar refractivity (Wildman–Crippen MR) is 90.3 cm³/mol. The van der Waals surface area contributed by atoms with Gasteiger partial charge in [-0.25, -0.2) is 0 Å². The maximum Gasteiger partial charge on any atom is 0.320 e. The van der Waals surface area contributed by atoms with Gasteiger partial charge in [-0.15, -0.1) is 0 Å². The summed E-state index contributed by atoms with van der Waals surface area (Å²) in [4.78, 5) is 25.0. The number of Topliss-reactive ketones (excluding diaryl/α,β-unsaturated/α-hetero) is 1. The van der Waals surface area contributed by atoms with Crippen LogP contribution in [0, 0.1) is 17.3 Å². The van der Waals surface area contributed by atoms with Gasteiger partial charge in [0.2, 0.25) is 0 Å². The molecule has 2 aliphatic carbocycles. The van der Waals surface area contributed by atoms with Crippen LogP contribution >= 0.6 is 0 Å². The van der Waals surface area contributed by atoms with Crippen LogP contribution in [0.25, 0.3) is 0 Å². The van der Waals surface area contributed by atoms with Crippen molar-refractivity contribution in [1.29, 1.82) is 0 Å². The topological polar surface area (TPSA) is 61.8 Å². The molecule has 0 N–H and O–H groups in total. The molecule has 2 fully saturated rings.